The summed E-state index contributed by atoms with van der Waals surface area (Å²) in [5, 5.41) is 0. The molecule has 3 aromatic rings. The van der Waals surface area contributed by atoms with Gasteiger partial charge in [0, 0.05) is 18.7 Å². The lowest BCUT2D eigenvalue weighted by atomic mass is 10.0. The van der Waals surface area contributed by atoms with E-state index in [4.69, 9.17) is 9.72 Å². The van der Waals surface area contributed by atoms with Gasteiger partial charge < -0.3 is 9.64 Å². The fourth-order valence-corrected chi connectivity index (χ4v) is 3.14. The van der Waals surface area contributed by atoms with Crippen molar-refractivity contribution in [1.29, 1.82) is 0 Å². The third-order valence-electron chi connectivity index (χ3n) is 4.60. The second kappa shape index (κ2) is 7.08. The Morgan fingerprint density at radius 2 is 1.52 bits per heavy atom. The van der Waals surface area contributed by atoms with E-state index in [1.165, 1.54) is 16.7 Å². The van der Waals surface area contributed by atoms with Crippen molar-refractivity contribution in [2.45, 2.75) is 6.92 Å². The third kappa shape index (κ3) is 3.57. The molecule has 4 rings (SSSR count). The monoisotopic (exact) mass is 330 g/mol. The number of ether oxygens (including phenoxy) is 1. The molecule has 0 atom stereocenters. The fraction of sp³-hybridized carbons (Fsp3) is 0.227. The van der Waals surface area contributed by atoms with E-state index in [9.17, 15) is 0 Å². The molecule has 1 aliphatic rings. The van der Waals surface area contributed by atoms with Crippen molar-refractivity contribution in [3.05, 3.63) is 72.3 Å². The zero-order valence-electron chi connectivity index (χ0n) is 14.5. The van der Waals surface area contributed by atoms with Crippen LogP contribution in [0.25, 0.3) is 22.4 Å². The van der Waals surface area contributed by atoms with Gasteiger partial charge in [-0.1, -0.05) is 60.2 Å². The zero-order chi connectivity index (χ0) is 17.1. The molecule has 1 fully saturated rings. The first-order valence-corrected chi connectivity index (χ1v) is 8.77. The van der Waals surface area contributed by atoms with Crippen LogP contribution in [0.4, 0.5) is 5.82 Å². The highest BCUT2D eigenvalue weighted by molar-refractivity contribution is 5.74. The molecule has 0 bridgehead atoms. The van der Waals surface area contributed by atoms with Crippen LogP contribution in [0.15, 0.2) is 66.7 Å². The number of aryl methyl sites for hydroxylation is 1. The summed E-state index contributed by atoms with van der Waals surface area (Å²) in [6.07, 6.45) is 0. The van der Waals surface area contributed by atoms with E-state index in [1.807, 2.05) is 0 Å². The normalized spacial score (nSPS) is 14.5. The molecule has 0 aliphatic carbocycles. The topological polar surface area (TPSA) is 25.4 Å². The third-order valence-corrected chi connectivity index (χ3v) is 4.60. The minimum absolute atomic E-state index is 0.761. The Morgan fingerprint density at radius 3 is 2.24 bits per heavy atom. The standard InChI is InChI=1S/C22H22N2O/c1-17-7-9-19(10-8-17)21-15-20(18-5-3-2-4-6-18)16-22(23-21)24-11-13-25-14-12-24/h2-10,15-16H,11-14H2,1H3. The Morgan fingerprint density at radius 1 is 0.800 bits per heavy atom. The van der Waals surface area contributed by atoms with Crippen molar-refractivity contribution in [2.24, 2.45) is 0 Å². The zero-order valence-corrected chi connectivity index (χ0v) is 14.5. The van der Waals surface area contributed by atoms with Crippen molar-refractivity contribution in [1.82, 2.24) is 4.98 Å². The molecule has 0 N–H and O–H groups in total. The van der Waals surface area contributed by atoms with E-state index in [0.29, 0.717) is 0 Å². The number of nitrogens with zero attached hydrogens (tertiary/aromatic N) is 2. The summed E-state index contributed by atoms with van der Waals surface area (Å²) in [5.41, 5.74) is 5.84. The van der Waals surface area contributed by atoms with Gasteiger partial charge in [-0.05, 0) is 30.2 Å². The van der Waals surface area contributed by atoms with Gasteiger partial charge in [-0.25, -0.2) is 4.98 Å². The number of benzene rings is 2. The minimum Gasteiger partial charge on any atom is -0.378 e. The number of hydrogen-bond donors (Lipinski definition) is 0. The van der Waals surface area contributed by atoms with Gasteiger partial charge in [-0.15, -0.1) is 0 Å². The summed E-state index contributed by atoms with van der Waals surface area (Å²) >= 11 is 0. The summed E-state index contributed by atoms with van der Waals surface area (Å²) in [6, 6.07) is 23.5. The Hall–Kier alpha value is -2.65. The van der Waals surface area contributed by atoms with Crippen LogP contribution in [-0.2, 0) is 4.74 Å². The molecule has 3 nitrogen and oxygen atoms in total. The lowest BCUT2D eigenvalue weighted by Crippen LogP contribution is -2.36. The van der Waals surface area contributed by atoms with Gasteiger partial charge in [0.2, 0.25) is 0 Å². The van der Waals surface area contributed by atoms with Gasteiger partial charge in [0.05, 0.1) is 18.9 Å². The van der Waals surface area contributed by atoms with Crippen molar-refractivity contribution < 1.29 is 4.74 Å². The minimum atomic E-state index is 0.761. The molecular formula is C22H22N2O. The summed E-state index contributed by atoms with van der Waals surface area (Å²) in [4.78, 5) is 7.27. The van der Waals surface area contributed by atoms with Crippen molar-refractivity contribution >= 4 is 5.82 Å². The predicted octanol–water partition coefficient (Wildman–Crippen LogP) is 4.56. The predicted molar refractivity (Wildman–Crippen MR) is 103 cm³/mol. The molecule has 1 aliphatic heterocycles. The van der Waals surface area contributed by atoms with E-state index < -0.39 is 0 Å². The van der Waals surface area contributed by atoms with E-state index in [0.717, 1.165) is 43.4 Å². The molecule has 1 aromatic heterocycles. The number of pyridine rings is 1. The van der Waals surface area contributed by atoms with Crippen LogP contribution in [-0.4, -0.2) is 31.3 Å². The Bertz CT molecular complexity index is 838. The van der Waals surface area contributed by atoms with Gasteiger partial charge in [0.15, 0.2) is 0 Å². The second-order valence-electron chi connectivity index (χ2n) is 6.43. The van der Waals surface area contributed by atoms with Crippen LogP contribution in [0.5, 0.6) is 0 Å². The summed E-state index contributed by atoms with van der Waals surface area (Å²) in [6.45, 7) is 5.40. The SMILES string of the molecule is Cc1ccc(-c2cc(-c3ccccc3)cc(N3CCOCC3)n2)cc1. The van der Waals surface area contributed by atoms with E-state index in [2.05, 4.69) is 78.6 Å². The second-order valence-corrected chi connectivity index (χ2v) is 6.43. The maximum Gasteiger partial charge on any atom is 0.130 e. The molecule has 0 unspecified atom stereocenters. The van der Waals surface area contributed by atoms with Crippen LogP contribution in [0.1, 0.15) is 5.56 Å². The average molecular weight is 330 g/mol. The molecule has 0 amide bonds. The summed E-state index contributed by atoms with van der Waals surface area (Å²) < 4.78 is 5.49. The number of aromatic nitrogens is 1. The molecule has 2 aromatic carbocycles. The Kier molecular flexibility index (Phi) is 4.49. The molecule has 0 radical (unpaired) electrons. The molecule has 1 saturated heterocycles. The Balaban J connectivity index is 1.81. The fourth-order valence-electron chi connectivity index (χ4n) is 3.14. The molecule has 3 heteroatoms. The molecule has 25 heavy (non-hydrogen) atoms. The highest BCUT2D eigenvalue weighted by Gasteiger charge is 2.15. The van der Waals surface area contributed by atoms with Crippen LogP contribution in [0, 0.1) is 6.92 Å². The van der Waals surface area contributed by atoms with Crippen molar-refractivity contribution in [3.8, 4) is 22.4 Å². The highest BCUT2D eigenvalue weighted by Crippen LogP contribution is 2.29. The summed E-state index contributed by atoms with van der Waals surface area (Å²) in [5.74, 6) is 1.03. The van der Waals surface area contributed by atoms with Crippen LogP contribution in [0.3, 0.4) is 0 Å². The van der Waals surface area contributed by atoms with E-state index >= 15 is 0 Å². The van der Waals surface area contributed by atoms with E-state index in [1.54, 1.807) is 0 Å². The maximum atomic E-state index is 5.49. The molecule has 0 spiro atoms. The van der Waals surface area contributed by atoms with Gasteiger partial charge in [-0.3, -0.25) is 0 Å². The molecule has 0 saturated carbocycles. The molecular weight excluding hydrogens is 308 g/mol. The quantitative estimate of drug-likeness (QED) is 0.704. The Labute approximate surface area is 148 Å². The molecule has 2 heterocycles. The number of anilines is 1. The maximum absolute atomic E-state index is 5.49. The number of hydrogen-bond acceptors (Lipinski definition) is 3. The van der Waals surface area contributed by atoms with Gasteiger partial charge in [0.25, 0.3) is 0 Å². The van der Waals surface area contributed by atoms with Crippen molar-refractivity contribution in [3.63, 3.8) is 0 Å². The first kappa shape index (κ1) is 15.9. The van der Waals surface area contributed by atoms with Gasteiger partial charge in [-0.2, -0.15) is 0 Å². The lowest BCUT2D eigenvalue weighted by molar-refractivity contribution is 0.122. The largest absolute Gasteiger partial charge is 0.378 e. The van der Waals surface area contributed by atoms with E-state index in [-0.39, 0.29) is 0 Å². The van der Waals surface area contributed by atoms with Gasteiger partial charge in [0.1, 0.15) is 5.82 Å². The summed E-state index contributed by atoms with van der Waals surface area (Å²) in [7, 11) is 0. The van der Waals surface area contributed by atoms with Crippen LogP contribution in [0.2, 0.25) is 0 Å². The first-order chi connectivity index (χ1) is 12.3. The van der Waals surface area contributed by atoms with Crippen LogP contribution < -0.4 is 4.90 Å². The molecule has 126 valence electrons. The first-order valence-electron chi connectivity index (χ1n) is 8.77. The van der Waals surface area contributed by atoms with Crippen LogP contribution >= 0.6 is 0 Å². The van der Waals surface area contributed by atoms with Gasteiger partial charge >= 0.3 is 0 Å². The number of morpholine rings is 1. The van der Waals surface area contributed by atoms with Crippen molar-refractivity contribution in [2.75, 3.05) is 31.2 Å². The average Bonchev–Trinajstić information content (AvgIpc) is 2.69. The number of rotatable bonds is 3. The smallest absolute Gasteiger partial charge is 0.130 e. The highest BCUT2D eigenvalue weighted by atomic mass is 16.5. The lowest BCUT2D eigenvalue weighted by Gasteiger charge is -2.28.